The van der Waals surface area contributed by atoms with Crippen molar-refractivity contribution in [1.82, 2.24) is 9.78 Å². The van der Waals surface area contributed by atoms with Gasteiger partial charge in [-0.05, 0) is 12.1 Å². The highest BCUT2D eigenvalue weighted by atomic mass is 32.2. The van der Waals surface area contributed by atoms with Crippen LogP contribution in [0.5, 0.6) is 0 Å². The Balaban J connectivity index is 2.27. The van der Waals surface area contributed by atoms with Crippen LogP contribution >= 0.6 is 0 Å². The second-order valence-corrected chi connectivity index (χ2v) is 5.05. The molecule has 0 unspecified atom stereocenters. The van der Waals surface area contributed by atoms with Crippen molar-refractivity contribution in [2.45, 2.75) is 5.75 Å². The molecule has 0 aliphatic rings. The van der Waals surface area contributed by atoms with Crippen molar-refractivity contribution >= 4 is 10.0 Å². The molecule has 0 fully saturated rings. The third-order valence-electron chi connectivity index (χ3n) is 2.02. The van der Waals surface area contributed by atoms with Crippen molar-refractivity contribution < 1.29 is 8.42 Å². The molecular formula is C10H11N3O2S. The quantitative estimate of drug-likeness (QED) is 0.851. The second-order valence-electron chi connectivity index (χ2n) is 3.44. The summed E-state index contributed by atoms with van der Waals surface area (Å²) < 4.78 is 23.4. The number of para-hydroxylation sites is 1. The average molecular weight is 237 g/mol. The van der Waals surface area contributed by atoms with Gasteiger partial charge in [0.1, 0.15) is 0 Å². The van der Waals surface area contributed by atoms with Crippen molar-refractivity contribution in [1.29, 1.82) is 0 Å². The molecule has 1 heterocycles. The van der Waals surface area contributed by atoms with Crippen LogP contribution in [0.25, 0.3) is 5.69 Å². The number of nitrogens with zero attached hydrogens (tertiary/aromatic N) is 2. The van der Waals surface area contributed by atoms with Gasteiger partial charge in [-0.1, -0.05) is 18.2 Å². The lowest BCUT2D eigenvalue weighted by Gasteiger charge is -1.98. The first kappa shape index (κ1) is 10.8. The van der Waals surface area contributed by atoms with Crippen molar-refractivity contribution in [3.05, 3.63) is 48.3 Å². The van der Waals surface area contributed by atoms with E-state index >= 15 is 0 Å². The fourth-order valence-electron chi connectivity index (χ4n) is 1.39. The van der Waals surface area contributed by atoms with Gasteiger partial charge in [-0.25, -0.2) is 18.2 Å². The summed E-state index contributed by atoms with van der Waals surface area (Å²) in [6, 6.07) is 9.44. The molecule has 0 saturated carbocycles. The molecule has 0 saturated heterocycles. The third kappa shape index (κ3) is 2.68. The van der Waals surface area contributed by atoms with Crippen LogP contribution in [-0.4, -0.2) is 18.2 Å². The Morgan fingerprint density at radius 2 is 1.94 bits per heavy atom. The van der Waals surface area contributed by atoms with E-state index in [0.717, 1.165) is 5.69 Å². The number of primary sulfonamides is 1. The summed E-state index contributed by atoms with van der Waals surface area (Å²) in [5.41, 5.74) is 1.45. The Hall–Kier alpha value is -1.66. The van der Waals surface area contributed by atoms with Gasteiger partial charge in [-0.2, -0.15) is 5.10 Å². The van der Waals surface area contributed by atoms with E-state index in [4.69, 9.17) is 5.14 Å². The summed E-state index contributed by atoms with van der Waals surface area (Å²) in [6.45, 7) is 0. The van der Waals surface area contributed by atoms with E-state index in [-0.39, 0.29) is 5.75 Å². The SMILES string of the molecule is NS(=O)(=O)Cc1cnn(-c2ccccc2)c1. The fraction of sp³-hybridized carbons (Fsp3) is 0.100. The lowest BCUT2D eigenvalue weighted by molar-refractivity contribution is 0.597. The van der Waals surface area contributed by atoms with Crippen molar-refractivity contribution in [2.24, 2.45) is 5.14 Å². The lowest BCUT2D eigenvalue weighted by Crippen LogP contribution is -2.14. The zero-order valence-electron chi connectivity index (χ0n) is 8.45. The van der Waals surface area contributed by atoms with Gasteiger partial charge in [0.15, 0.2) is 0 Å². The van der Waals surface area contributed by atoms with Gasteiger partial charge >= 0.3 is 0 Å². The van der Waals surface area contributed by atoms with Crippen LogP contribution in [0, 0.1) is 0 Å². The largest absolute Gasteiger partial charge is 0.241 e. The van der Waals surface area contributed by atoms with Crippen LogP contribution in [0.2, 0.25) is 0 Å². The number of hydrogen-bond acceptors (Lipinski definition) is 3. The Kier molecular flexibility index (Phi) is 2.76. The summed E-state index contributed by atoms with van der Waals surface area (Å²) in [7, 11) is -3.50. The first-order chi connectivity index (χ1) is 7.54. The molecule has 5 nitrogen and oxygen atoms in total. The van der Waals surface area contributed by atoms with Gasteiger partial charge in [-0.15, -0.1) is 0 Å². The van der Waals surface area contributed by atoms with Crippen LogP contribution in [0.3, 0.4) is 0 Å². The van der Waals surface area contributed by atoms with Crippen LogP contribution in [0.1, 0.15) is 5.56 Å². The minimum atomic E-state index is -3.50. The number of hydrogen-bond donors (Lipinski definition) is 1. The van der Waals surface area contributed by atoms with E-state index < -0.39 is 10.0 Å². The maximum Gasteiger partial charge on any atom is 0.213 e. The molecule has 6 heteroatoms. The zero-order valence-corrected chi connectivity index (χ0v) is 9.26. The Labute approximate surface area is 93.6 Å². The molecule has 0 amide bonds. The molecule has 0 radical (unpaired) electrons. The first-order valence-electron chi connectivity index (χ1n) is 4.64. The van der Waals surface area contributed by atoms with Gasteiger partial charge in [0.25, 0.3) is 0 Å². The molecule has 2 rings (SSSR count). The monoisotopic (exact) mass is 237 g/mol. The number of benzene rings is 1. The van der Waals surface area contributed by atoms with E-state index in [9.17, 15) is 8.42 Å². The van der Waals surface area contributed by atoms with Gasteiger partial charge in [-0.3, -0.25) is 0 Å². The number of aromatic nitrogens is 2. The summed E-state index contributed by atoms with van der Waals surface area (Å²) in [5.74, 6) is -0.195. The zero-order chi connectivity index (χ0) is 11.6. The molecule has 2 aromatic rings. The first-order valence-corrected chi connectivity index (χ1v) is 6.35. The smallest absolute Gasteiger partial charge is 0.213 e. The maximum atomic E-state index is 10.9. The summed E-state index contributed by atoms with van der Waals surface area (Å²) in [5, 5.41) is 9.02. The molecule has 0 spiro atoms. The van der Waals surface area contributed by atoms with Gasteiger partial charge in [0, 0.05) is 11.8 Å². The van der Waals surface area contributed by atoms with E-state index in [2.05, 4.69) is 5.10 Å². The van der Waals surface area contributed by atoms with E-state index in [0.29, 0.717) is 5.56 Å². The van der Waals surface area contributed by atoms with Crippen molar-refractivity contribution in [2.75, 3.05) is 0 Å². The minimum Gasteiger partial charge on any atom is -0.241 e. The summed E-state index contributed by atoms with van der Waals surface area (Å²) in [4.78, 5) is 0. The minimum absolute atomic E-state index is 0.195. The number of rotatable bonds is 3. The standard InChI is InChI=1S/C10H11N3O2S/c11-16(14,15)8-9-6-12-13(7-9)10-4-2-1-3-5-10/h1-7H,8H2,(H2,11,14,15). The van der Waals surface area contributed by atoms with Crippen LogP contribution < -0.4 is 5.14 Å². The number of nitrogens with two attached hydrogens (primary N) is 1. The Morgan fingerprint density at radius 1 is 1.25 bits per heavy atom. The Bertz CT molecular complexity index is 575. The molecule has 1 aromatic carbocycles. The lowest BCUT2D eigenvalue weighted by atomic mass is 10.3. The highest BCUT2D eigenvalue weighted by Gasteiger charge is 2.07. The fourth-order valence-corrected chi connectivity index (χ4v) is 2.00. The molecule has 2 N–H and O–H groups in total. The maximum absolute atomic E-state index is 10.9. The van der Waals surface area contributed by atoms with Crippen LogP contribution in [0.15, 0.2) is 42.7 Å². The molecule has 84 valence electrons. The van der Waals surface area contributed by atoms with E-state index in [1.807, 2.05) is 30.3 Å². The second kappa shape index (κ2) is 4.07. The average Bonchev–Trinajstić information content (AvgIpc) is 2.65. The predicted molar refractivity (Wildman–Crippen MR) is 60.4 cm³/mol. The molecule has 0 aliphatic carbocycles. The van der Waals surface area contributed by atoms with Crippen molar-refractivity contribution in [3.63, 3.8) is 0 Å². The van der Waals surface area contributed by atoms with Crippen LogP contribution in [0.4, 0.5) is 0 Å². The highest BCUT2D eigenvalue weighted by molar-refractivity contribution is 7.88. The molecule has 1 aromatic heterocycles. The highest BCUT2D eigenvalue weighted by Crippen LogP contribution is 2.08. The predicted octanol–water partition coefficient (Wildman–Crippen LogP) is 0.661. The van der Waals surface area contributed by atoms with Gasteiger partial charge < -0.3 is 0 Å². The van der Waals surface area contributed by atoms with Crippen LogP contribution in [-0.2, 0) is 15.8 Å². The molecule has 16 heavy (non-hydrogen) atoms. The summed E-state index contributed by atoms with van der Waals surface area (Å²) in [6.07, 6.45) is 3.15. The molecule has 0 atom stereocenters. The topological polar surface area (TPSA) is 78.0 Å². The molecule has 0 bridgehead atoms. The Morgan fingerprint density at radius 3 is 2.56 bits per heavy atom. The van der Waals surface area contributed by atoms with E-state index in [1.54, 1.807) is 10.9 Å². The third-order valence-corrected chi connectivity index (χ3v) is 2.76. The van der Waals surface area contributed by atoms with Gasteiger partial charge in [0.2, 0.25) is 10.0 Å². The molecular weight excluding hydrogens is 226 g/mol. The summed E-state index contributed by atoms with van der Waals surface area (Å²) >= 11 is 0. The normalized spacial score (nSPS) is 11.6. The van der Waals surface area contributed by atoms with E-state index in [1.165, 1.54) is 6.20 Å². The number of sulfonamides is 1. The van der Waals surface area contributed by atoms with Crippen molar-refractivity contribution in [3.8, 4) is 5.69 Å². The molecule has 0 aliphatic heterocycles. The van der Waals surface area contributed by atoms with Gasteiger partial charge in [0.05, 0.1) is 17.6 Å².